The molecule has 1 atom stereocenters. The molecule has 0 saturated heterocycles. The molecular formula is C17H16N2OS. The second kappa shape index (κ2) is 6.19. The Morgan fingerprint density at radius 1 is 1.24 bits per heavy atom. The zero-order chi connectivity index (χ0) is 14.7. The Morgan fingerprint density at radius 2 is 2.00 bits per heavy atom. The summed E-state index contributed by atoms with van der Waals surface area (Å²) >= 11 is 1.58. The van der Waals surface area contributed by atoms with Crippen LogP contribution in [0.15, 0.2) is 30.6 Å². The first-order chi connectivity index (χ1) is 10.3. The van der Waals surface area contributed by atoms with Gasteiger partial charge in [-0.05, 0) is 55.0 Å². The van der Waals surface area contributed by atoms with Gasteiger partial charge in [0.25, 0.3) is 0 Å². The van der Waals surface area contributed by atoms with E-state index in [2.05, 4.69) is 11.1 Å². The molecule has 0 N–H and O–H groups in total. The van der Waals surface area contributed by atoms with Gasteiger partial charge in [-0.15, -0.1) is 11.3 Å². The molecule has 3 rings (SSSR count). The Labute approximate surface area is 128 Å². The Balaban J connectivity index is 1.89. The normalized spacial score (nSPS) is 15.6. The molecule has 0 saturated carbocycles. The summed E-state index contributed by atoms with van der Waals surface area (Å²) < 4.78 is 0. The highest BCUT2D eigenvalue weighted by molar-refractivity contribution is 7.14. The summed E-state index contributed by atoms with van der Waals surface area (Å²) in [5.41, 5.74) is 2.04. The van der Waals surface area contributed by atoms with Crippen LogP contribution >= 0.6 is 11.3 Å². The Hall–Kier alpha value is -1.99. The van der Waals surface area contributed by atoms with Gasteiger partial charge in [-0.2, -0.15) is 5.26 Å². The summed E-state index contributed by atoms with van der Waals surface area (Å²) in [5.74, 6) is -0.808. The Bertz CT molecular complexity index is 661. The lowest BCUT2D eigenvalue weighted by molar-refractivity contribution is 0.0982. The lowest BCUT2D eigenvalue weighted by atomic mass is 9.96. The number of nitrogens with zero attached hydrogens (tertiary/aromatic N) is 2. The summed E-state index contributed by atoms with van der Waals surface area (Å²) in [7, 11) is 0. The van der Waals surface area contributed by atoms with Crippen LogP contribution in [0.1, 0.15) is 50.9 Å². The fourth-order valence-electron chi connectivity index (χ4n) is 2.77. The number of Topliss-reactive ketones (excluding diaryl/α,β-unsaturated/α-hetero) is 1. The number of nitriles is 1. The van der Waals surface area contributed by atoms with Crippen LogP contribution in [0.5, 0.6) is 0 Å². The number of ketones is 1. The summed E-state index contributed by atoms with van der Waals surface area (Å²) in [6.45, 7) is 0. The minimum atomic E-state index is -0.727. The number of carbonyl (C=O) groups is 1. The standard InChI is InChI=1S/C17H16N2OS/c18-11-14(12-6-8-19-9-7-12)17(20)16-10-13-4-2-1-3-5-15(13)21-16/h6-10,14H,1-5H2. The van der Waals surface area contributed by atoms with Crippen LogP contribution in [-0.2, 0) is 12.8 Å². The molecule has 1 aliphatic carbocycles. The van der Waals surface area contributed by atoms with Gasteiger partial charge in [0.1, 0.15) is 5.92 Å². The number of aromatic nitrogens is 1. The van der Waals surface area contributed by atoms with Crippen molar-refractivity contribution in [2.45, 2.75) is 38.0 Å². The predicted molar refractivity (Wildman–Crippen MR) is 82.5 cm³/mol. The van der Waals surface area contributed by atoms with Crippen molar-refractivity contribution in [1.29, 1.82) is 5.26 Å². The summed E-state index contributed by atoms with van der Waals surface area (Å²) in [6.07, 6.45) is 9.04. The number of thiophene rings is 1. The van der Waals surface area contributed by atoms with Crippen LogP contribution in [-0.4, -0.2) is 10.8 Å². The van der Waals surface area contributed by atoms with Crippen molar-refractivity contribution in [2.24, 2.45) is 0 Å². The molecule has 0 amide bonds. The fourth-order valence-corrected chi connectivity index (χ4v) is 4.00. The van der Waals surface area contributed by atoms with E-state index in [9.17, 15) is 10.1 Å². The van der Waals surface area contributed by atoms with E-state index in [1.165, 1.54) is 29.7 Å². The molecule has 0 fully saturated rings. The van der Waals surface area contributed by atoms with E-state index in [1.807, 2.05) is 6.07 Å². The van der Waals surface area contributed by atoms with E-state index in [0.717, 1.165) is 23.3 Å². The number of hydrogen-bond acceptors (Lipinski definition) is 4. The predicted octanol–water partition coefficient (Wildman–Crippen LogP) is 3.90. The molecule has 0 aliphatic heterocycles. The Morgan fingerprint density at radius 3 is 2.76 bits per heavy atom. The van der Waals surface area contributed by atoms with Gasteiger partial charge in [-0.25, -0.2) is 0 Å². The number of rotatable bonds is 3. The van der Waals surface area contributed by atoms with Crippen LogP contribution in [0.4, 0.5) is 0 Å². The molecule has 0 bridgehead atoms. The van der Waals surface area contributed by atoms with Crippen molar-refractivity contribution in [1.82, 2.24) is 4.98 Å². The summed E-state index contributed by atoms with van der Waals surface area (Å²) in [4.78, 5) is 18.6. The average Bonchev–Trinajstić information content (AvgIpc) is 2.80. The van der Waals surface area contributed by atoms with Gasteiger partial charge in [0.2, 0.25) is 0 Å². The smallest absolute Gasteiger partial charge is 0.194 e. The van der Waals surface area contributed by atoms with Crippen LogP contribution in [0, 0.1) is 11.3 Å². The second-order valence-electron chi connectivity index (χ2n) is 5.33. The minimum Gasteiger partial charge on any atom is -0.291 e. The zero-order valence-corrected chi connectivity index (χ0v) is 12.5. The van der Waals surface area contributed by atoms with Gasteiger partial charge in [-0.1, -0.05) is 6.42 Å². The maximum Gasteiger partial charge on any atom is 0.194 e. The van der Waals surface area contributed by atoms with E-state index >= 15 is 0 Å². The maximum absolute atomic E-state index is 12.6. The topological polar surface area (TPSA) is 53.8 Å². The molecule has 2 aromatic heterocycles. The highest BCUT2D eigenvalue weighted by Crippen LogP contribution is 2.32. The first-order valence-electron chi connectivity index (χ1n) is 7.25. The van der Waals surface area contributed by atoms with Crippen molar-refractivity contribution >= 4 is 17.1 Å². The van der Waals surface area contributed by atoms with Crippen molar-refractivity contribution in [3.63, 3.8) is 0 Å². The average molecular weight is 296 g/mol. The van der Waals surface area contributed by atoms with E-state index in [1.54, 1.807) is 35.9 Å². The van der Waals surface area contributed by atoms with Gasteiger partial charge in [0.05, 0.1) is 10.9 Å². The molecule has 2 heterocycles. The second-order valence-corrected chi connectivity index (χ2v) is 6.46. The largest absolute Gasteiger partial charge is 0.291 e. The van der Waals surface area contributed by atoms with E-state index in [-0.39, 0.29) is 5.78 Å². The van der Waals surface area contributed by atoms with E-state index in [0.29, 0.717) is 0 Å². The first-order valence-corrected chi connectivity index (χ1v) is 8.06. The molecule has 0 radical (unpaired) electrons. The highest BCUT2D eigenvalue weighted by atomic mass is 32.1. The third-order valence-electron chi connectivity index (χ3n) is 3.92. The maximum atomic E-state index is 12.6. The molecule has 3 nitrogen and oxygen atoms in total. The van der Waals surface area contributed by atoms with Crippen molar-refractivity contribution in [2.75, 3.05) is 0 Å². The SMILES string of the molecule is N#CC(C(=O)c1cc2c(s1)CCCCC2)c1ccncc1. The van der Waals surface area contributed by atoms with Crippen molar-refractivity contribution in [3.05, 3.63) is 51.5 Å². The van der Waals surface area contributed by atoms with Gasteiger partial charge in [0, 0.05) is 17.3 Å². The summed E-state index contributed by atoms with van der Waals surface area (Å²) in [5, 5.41) is 9.37. The van der Waals surface area contributed by atoms with Gasteiger partial charge in [-0.3, -0.25) is 9.78 Å². The third-order valence-corrected chi connectivity index (χ3v) is 5.17. The lowest BCUT2D eigenvalue weighted by Crippen LogP contribution is -2.09. The molecule has 4 heteroatoms. The zero-order valence-electron chi connectivity index (χ0n) is 11.7. The van der Waals surface area contributed by atoms with Crippen LogP contribution in [0.2, 0.25) is 0 Å². The van der Waals surface area contributed by atoms with Crippen LogP contribution in [0.3, 0.4) is 0 Å². The molecule has 0 spiro atoms. The number of carbonyl (C=O) groups excluding carboxylic acids is 1. The van der Waals surface area contributed by atoms with Gasteiger partial charge >= 0.3 is 0 Å². The number of pyridine rings is 1. The highest BCUT2D eigenvalue weighted by Gasteiger charge is 2.25. The number of hydrogen-bond donors (Lipinski definition) is 0. The monoisotopic (exact) mass is 296 g/mol. The summed E-state index contributed by atoms with van der Waals surface area (Å²) in [6, 6.07) is 7.63. The molecule has 1 unspecified atom stereocenters. The quantitative estimate of drug-likeness (QED) is 0.637. The van der Waals surface area contributed by atoms with Gasteiger partial charge in [0.15, 0.2) is 5.78 Å². The Kier molecular flexibility index (Phi) is 4.12. The van der Waals surface area contributed by atoms with Gasteiger partial charge < -0.3 is 0 Å². The molecule has 0 aromatic carbocycles. The van der Waals surface area contributed by atoms with E-state index in [4.69, 9.17) is 0 Å². The third kappa shape index (κ3) is 2.88. The molecule has 1 aliphatic rings. The minimum absolute atomic E-state index is 0.0817. The molecule has 106 valence electrons. The van der Waals surface area contributed by atoms with Crippen molar-refractivity contribution < 1.29 is 4.79 Å². The molecular weight excluding hydrogens is 280 g/mol. The number of fused-ring (bicyclic) bond motifs is 1. The first kappa shape index (κ1) is 14.0. The molecule has 2 aromatic rings. The lowest BCUT2D eigenvalue weighted by Gasteiger charge is -2.06. The van der Waals surface area contributed by atoms with Crippen LogP contribution < -0.4 is 0 Å². The molecule has 21 heavy (non-hydrogen) atoms. The number of aryl methyl sites for hydroxylation is 2. The van der Waals surface area contributed by atoms with Crippen molar-refractivity contribution in [3.8, 4) is 6.07 Å². The van der Waals surface area contributed by atoms with E-state index < -0.39 is 5.92 Å². The van der Waals surface area contributed by atoms with Crippen LogP contribution in [0.25, 0.3) is 0 Å². The fraction of sp³-hybridized carbons (Fsp3) is 0.353.